The minimum Gasteiger partial charge on any atom is -0.449 e. The van der Waals surface area contributed by atoms with Crippen LogP contribution in [0.25, 0.3) is 0 Å². The number of fused-ring (bicyclic) bond motifs is 2. The zero-order valence-electron chi connectivity index (χ0n) is 14.5. The van der Waals surface area contributed by atoms with Gasteiger partial charge in [-0.2, -0.15) is 0 Å². The number of aromatic nitrogens is 3. The molecular weight excluding hydrogens is 308 g/mol. The Labute approximate surface area is 142 Å². The summed E-state index contributed by atoms with van der Waals surface area (Å²) in [5.74, 6) is 2.00. The Balaban J connectivity index is 1.55. The minimum atomic E-state index is -0.347. The fourth-order valence-corrected chi connectivity index (χ4v) is 3.97. The summed E-state index contributed by atoms with van der Waals surface area (Å²) in [6.07, 6.45) is 5.17. The van der Waals surface area contributed by atoms with Crippen molar-refractivity contribution in [2.75, 3.05) is 13.7 Å². The number of ketones is 1. The second kappa shape index (κ2) is 7.32. The van der Waals surface area contributed by atoms with E-state index in [4.69, 9.17) is 4.74 Å². The van der Waals surface area contributed by atoms with Crippen molar-refractivity contribution >= 4 is 11.9 Å². The predicted molar refractivity (Wildman–Crippen MR) is 87.5 cm³/mol. The summed E-state index contributed by atoms with van der Waals surface area (Å²) in [6, 6.07) is 0. The lowest BCUT2D eigenvalue weighted by Crippen LogP contribution is -2.20. The molecule has 0 aliphatic heterocycles. The maximum atomic E-state index is 11.2. The molecule has 0 aromatic carbocycles. The summed E-state index contributed by atoms with van der Waals surface area (Å²) in [5, 5.41) is 11.1. The minimum absolute atomic E-state index is 0.220. The number of aryl methyl sites for hydroxylation is 2. The molecule has 1 N–H and O–H groups in total. The first kappa shape index (κ1) is 16.9. The summed E-state index contributed by atoms with van der Waals surface area (Å²) in [6.45, 7) is 2.91. The van der Waals surface area contributed by atoms with Crippen LogP contribution in [0.5, 0.6) is 0 Å². The van der Waals surface area contributed by atoms with Crippen molar-refractivity contribution in [2.24, 2.45) is 17.8 Å². The number of hydrogen-bond donors (Lipinski definition) is 1. The van der Waals surface area contributed by atoms with E-state index < -0.39 is 0 Å². The number of amides is 1. The molecule has 7 heteroatoms. The van der Waals surface area contributed by atoms with Gasteiger partial charge in [-0.25, -0.2) is 9.48 Å². The van der Waals surface area contributed by atoms with Gasteiger partial charge in [0.05, 0.1) is 18.0 Å². The lowest BCUT2D eigenvalue weighted by molar-refractivity contribution is -0.117. The van der Waals surface area contributed by atoms with Crippen LogP contribution >= 0.6 is 0 Å². The smallest absolute Gasteiger partial charge is 0.406 e. The summed E-state index contributed by atoms with van der Waals surface area (Å²) < 4.78 is 7.21. The van der Waals surface area contributed by atoms with E-state index in [1.54, 1.807) is 14.0 Å². The highest BCUT2D eigenvalue weighted by atomic mass is 16.5. The molecule has 1 aromatic rings. The second-order valence-corrected chi connectivity index (χ2v) is 6.93. The molecule has 1 aromatic heterocycles. The Bertz CT molecular complexity index is 613. The number of hydrogen-bond acceptors (Lipinski definition) is 5. The van der Waals surface area contributed by atoms with Gasteiger partial charge in [0.2, 0.25) is 0 Å². The van der Waals surface area contributed by atoms with Crippen LogP contribution in [0.4, 0.5) is 4.79 Å². The molecule has 3 atom stereocenters. The molecule has 0 bridgehead atoms. The predicted octanol–water partition coefficient (Wildman–Crippen LogP) is 1.74. The number of alkyl carbamates (subject to hydrolysis) is 1. The van der Waals surface area contributed by atoms with Gasteiger partial charge >= 0.3 is 6.09 Å². The molecular formula is C17H26N4O3. The Morgan fingerprint density at radius 3 is 2.75 bits per heavy atom. The molecule has 2 aliphatic carbocycles. The zero-order chi connectivity index (χ0) is 17.1. The van der Waals surface area contributed by atoms with Crippen LogP contribution in [0.2, 0.25) is 0 Å². The van der Waals surface area contributed by atoms with Gasteiger partial charge in [0, 0.05) is 20.0 Å². The van der Waals surface area contributed by atoms with Gasteiger partial charge in [-0.05, 0) is 56.8 Å². The van der Waals surface area contributed by atoms with E-state index >= 15 is 0 Å². The maximum Gasteiger partial charge on any atom is 0.406 e. The van der Waals surface area contributed by atoms with E-state index in [1.165, 1.54) is 5.69 Å². The molecule has 0 spiro atoms. The number of carbonyl (C=O) groups excluding carboxylic acids is 2. The molecule has 3 rings (SSSR count). The first-order chi connectivity index (χ1) is 11.6. The molecule has 2 aliphatic rings. The lowest BCUT2D eigenvalue weighted by Gasteiger charge is -2.10. The molecule has 24 heavy (non-hydrogen) atoms. The normalized spacial score (nSPS) is 25.0. The Hall–Kier alpha value is -1.92. The third-order valence-corrected chi connectivity index (χ3v) is 5.37. The van der Waals surface area contributed by atoms with Crippen LogP contribution in [0.3, 0.4) is 0 Å². The Morgan fingerprint density at radius 2 is 2.04 bits per heavy atom. The third kappa shape index (κ3) is 3.76. The van der Waals surface area contributed by atoms with E-state index in [-0.39, 0.29) is 11.9 Å². The summed E-state index contributed by atoms with van der Waals surface area (Å²) in [4.78, 5) is 22.3. The van der Waals surface area contributed by atoms with Gasteiger partial charge in [0.15, 0.2) is 0 Å². The van der Waals surface area contributed by atoms with Gasteiger partial charge in [-0.3, -0.25) is 0 Å². The number of Topliss-reactive ketones (excluding diaryl/α,β-unsaturated/α-hetero) is 1. The van der Waals surface area contributed by atoms with Gasteiger partial charge in [0.1, 0.15) is 5.78 Å². The summed E-state index contributed by atoms with van der Waals surface area (Å²) in [5.41, 5.74) is 2.34. The number of nitrogens with one attached hydrogen (secondary N) is 1. The highest BCUT2D eigenvalue weighted by Crippen LogP contribution is 2.52. The van der Waals surface area contributed by atoms with Crippen molar-refractivity contribution in [1.82, 2.24) is 20.3 Å². The van der Waals surface area contributed by atoms with Crippen molar-refractivity contribution < 1.29 is 14.3 Å². The first-order valence-electron chi connectivity index (χ1n) is 8.85. The van der Waals surface area contributed by atoms with Crippen molar-refractivity contribution in [3.05, 3.63) is 11.4 Å². The highest BCUT2D eigenvalue weighted by Gasteiger charge is 2.50. The number of nitrogens with zero attached hydrogens (tertiary/aromatic N) is 3. The third-order valence-electron chi connectivity index (χ3n) is 5.37. The van der Waals surface area contributed by atoms with Crippen molar-refractivity contribution in [2.45, 2.75) is 52.0 Å². The van der Waals surface area contributed by atoms with E-state index in [0.29, 0.717) is 30.8 Å². The van der Waals surface area contributed by atoms with Crippen molar-refractivity contribution in [1.29, 1.82) is 0 Å². The highest BCUT2D eigenvalue weighted by molar-refractivity contribution is 5.75. The van der Waals surface area contributed by atoms with Gasteiger partial charge in [0.25, 0.3) is 0 Å². The van der Waals surface area contributed by atoms with E-state index in [9.17, 15) is 9.59 Å². The van der Waals surface area contributed by atoms with E-state index in [0.717, 1.165) is 44.3 Å². The Kier molecular flexibility index (Phi) is 5.16. The van der Waals surface area contributed by atoms with Crippen LogP contribution in [-0.4, -0.2) is 40.5 Å². The van der Waals surface area contributed by atoms with E-state index in [1.807, 2.05) is 4.68 Å². The fourth-order valence-electron chi connectivity index (χ4n) is 3.97. The maximum absolute atomic E-state index is 11.2. The number of rotatable bonds is 6. The van der Waals surface area contributed by atoms with Crippen LogP contribution in [0.1, 0.15) is 44.0 Å². The molecule has 7 nitrogen and oxygen atoms in total. The molecule has 1 saturated carbocycles. The summed E-state index contributed by atoms with van der Waals surface area (Å²) in [7, 11) is 1.58. The van der Waals surface area contributed by atoms with Crippen LogP contribution in [0, 0.1) is 17.8 Å². The standard InChI is InChI=1S/C17H26N4O3/c1-11(22)4-3-9-21-16-8-6-13-12(5-7-15(16)19-20-21)14(13)10-24-17(23)18-2/h12-14H,3-10H2,1-2H3,(H,18,23)/t12-,13+,14-/m0/s1. The second-order valence-electron chi connectivity index (χ2n) is 6.93. The zero-order valence-corrected chi connectivity index (χ0v) is 14.5. The van der Waals surface area contributed by atoms with Crippen LogP contribution < -0.4 is 5.32 Å². The average Bonchev–Trinajstić information content (AvgIpc) is 3.05. The molecule has 0 unspecified atom stereocenters. The Morgan fingerprint density at radius 1 is 1.29 bits per heavy atom. The SMILES string of the molecule is CNC(=O)OC[C@@H]1[C@@H]2CCc3c(nnn3CCCC(C)=O)CC[C@@H]21. The molecule has 0 saturated heterocycles. The largest absolute Gasteiger partial charge is 0.449 e. The van der Waals surface area contributed by atoms with Crippen LogP contribution in [0.15, 0.2) is 0 Å². The molecule has 1 heterocycles. The first-order valence-corrected chi connectivity index (χ1v) is 8.85. The monoisotopic (exact) mass is 334 g/mol. The van der Waals surface area contributed by atoms with Crippen molar-refractivity contribution in [3.8, 4) is 0 Å². The molecule has 1 amide bonds. The number of carbonyl (C=O) groups is 2. The lowest BCUT2D eigenvalue weighted by atomic mass is 10.0. The molecule has 0 radical (unpaired) electrons. The number of ether oxygens (including phenoxy) is 1. The topological polar surface area (TPSA) is 86.1 Å². The average molecular weight is 334 g/mol. The fraction of sp³-hybridized carbons (Fsp3) is 0.765. The van der Waals surface area contributed by atoms with Crippen molar-refractivity contribution in [3.63, 3.8) is 0 Å². The van der Waals surface area contributed by atoms with Gasteiger partial charge in [-0.15, -0.1) is 5.10 Å². The molecule has 132 valence electrons. The van der Waals surface area contributed by atoms with Crippen LogP contribution in [-0.2, 0) is 28.9 Å². The quantitative estimate of drug-likeness (QED) is 0.856. The van der Waals surface area contributed by atoms with Gasteiger partial charge < -0.3 is 14.8 Å². The van der Waals surface area contributed by atoms with Gasteiger partial charge in [-0.1, -0.05) is 5.21 Å². The molecule has 1 fully saturated rings. The van der Waals surface area contributed by atoms with E-state index in [2.05, 4.69) is 15.6 Å². The summed E-state index contributed by atoms with van der Waals surface area (Å²) >= 11 is 0.